The van der Waals surface area contributed by atoms with Crippen molar-refractivity contribution in [3.8, 4) is 0 Å². The molecule has 3 heteroatoms. The molecule has 12 heavy (non-hydrogen) atoms. The summed E-state index contributed by atoms with van der Waals surface area (Å²) in [6.45, 7) is 3.70. The van der Waals surface area contributed by atoms with Gasteiger partial charge in [-0.2, -0.15) is 35.3 Å². The summed E-state index contributed by atoms with van der Waals surface area (Å²) in [5, 5.41) is 1.01. The van der Waals surface area contributed by atoms with Crippen LogP contribution in [0.15, 0.2) is 12.7 Å². The Morgan fingerprint density at radius 3 is 2.83 bits per heavy atom. The molecule has 1 aliphatic heterocycles. The van der Waals surface area contributed by atoms with Gasteiger partial charge in [0.1, 0.15) is 0 Å². The zero-order chi connectivity index (χ0) is 8.65. The van der Waals surface area contributed by atoms with Crippen molar-refractivity contribution in [1.82, 2.24) is 0 Å². The number of hydrogen-bond donors (Lipinski definition) is 0. The second kappa shape index (κ2) is 7.22. The minimum absolute atomic E-state index is 1.01. The molecule has 1 fully saturated rings. The zero-order valence-corrected chi connectivity index (χ0v) is 9.78. The van der Waals surface area contributed by atoms with Gasteiger partial charge in [0.2, 0.25) is 0 Å². The molecule has 0 spiro atoms. The predicted octanol–water partition coefficient (Wildman–Crippen LogP) is 3.14. The normalized spacial score (nSPS) is 20.8. The van der Waals surface area contributed by atoms with Gasteiger partial charge in [-0.25, -0.2) is 0 Å². The van der Waals surface area contributed by atoms with Gasteiger partial charge in [-0.1, -0.05) is 6.08 Å². The molecular formula is C9H16S3. The molecular weight excluding hydrogens is 204 g/mol. The van der Waals surface area contributed by atoms with Crippen molar-refractivity contribution >= 4 is 35.3 Å². The number of rotatable bonds is 8. The number of thioether (sulfide) groups is 3. The average Bonchev–Trinajstić information content (AvgIpc) is 2.87. The van der Waals surface area contributed by atoms with E-state index in [0.29, 0.717) is 0 Å². The van der Waals surface area contributed by atoms with E-state index in [-0.39, 0.29) is 0 Å². The lowest BCUT2D eigenvalue weighted by molar-refractivity contribution is 1.12. The fraction of sp³-hybridized carbons (Fsp3) is 0.778. The average molecular weight is 220 g/mol. The van der Waals surface area contributed by atoms with Gasteiger partial charge in [-0.15, -0.1) is 6.58 Å². The standard InChI is InChI=1S/C9H16S3/c1-2-4-10-5-3-6-11-7-9-8-12-9/h2,9H,1,3-8H2. The van der Waals surface area contributed by atoms with Crippen LogP contribution in [0.1, 0.15) is 6.42 Å². The molecule has 0 saturated carbocycles. The maximum Gasteiger partial charge on any atom is 0.0229 e. The highest BCUT2D eigenvalue weighted by molar-refractivity contribution is 8.08. The molecule has 0 aromatic rings. The lowest BCUT2D eigenvalue weighted by Gasteiger charge is -1.98. The van der Waals surface area contributed by atoms with Crippen molar-refractivity contribution in [1.29, 1.82) is 0 Å². The third-order valence-electron chi connectivity index (χ3n) is 1.52. The van der Waals surface area contributed by atoms with Crippen molar-refractivity contribution in [3.63, 3.8) is 0 Å². The molecule has 1 unspecified atom stereocenters. The quantitative estimate of drug-likeness (QED) is 0.350. The van der Waals surface area contributed by atoms with Gasteiger partial charge in [0.15, 0.2) is 0 Å². The lowest BCUT2D eigenvalue weighted by atomic mass is 10.6. The van der Waals surface area contributed by atoms with Gasteiger partial charge in [0.25, 0.3) is 0 Å². The van der Waals surface area contributed by atoms with Crippen molar-refractivity contribution in [3.05, 3.63) is 12.7 Å². The SMILES string of the molecule is C=CCSCCCSCC1CS1. The highest BCUT2D eigenvalue weighted by Gasteiger charge is 2.21. The summed E-state index contributed by atoms with van der Waals surface area (Å²) in [6.07, 6.45) is 3.35. The van der Waals surface area contributed by atoms with E-state index in [1.165, 1.54) is 29.4 Å². The Morgan fingerprint density at radius 1 is 1.42 bits per heavy atom. The van der Waals surface area contributed by atoms with Crippen LogP contribution in [0.25, 0.3) is 0 Å². The molecule has 0 N–H and O–H groups in total. The van der Waals surface area contributed by atoms with Crippen LogP contribution in [-0.2, 0) is 0 Å². The molecule has 1 atom stereocenters. The second-order valence-electron chi connectivity index (χ2n) is 2.75. The first-order valence-electron chi connectivity index (χ1n) is 4.31. The second-order valence-corrected chi connectivity index (χ2v) is 6.38. The molecule has 0 aromatic carbocycles. The smallest absolute Gasteiger partial charge is 0.0229 e. The first-order valence-corrected chi connectivity index (χ1v) is 7.67. The Kier molecular flexibility index (Phi) is 6.54. The largest absolute Gasteiger partial charge is 0.161 e. The van der Waals surface area contributed by atoms with Gasteiger partial charge < -0.3 is 0 Å². The fourth-order valence-corrected chi connectivity index (χ4v) is 3.65. The summed E-state index contributed by atoms with van der Waals surface area (Å²) < 4.78 is 0. The molecule has 0 aromatic heterocycles. The van der Waals surface area contributed by atoms with E-state index in [2.05, 4.69) is 30.1 Å². The van der Waals surface area contributed by atoms with Crippen LogP contribution in [0.5, 0.6) is 0 Å². The third kappa shape index (κ3) is 6.32. The Morgan fingerprint density at radius 2 is 2.17 bits per heavy atom. The predicted molar refractivity (Wildman–Crippen MR) is 65.7 cm³/mol. The highest BCUT2D eigenvalue weighted by atomic mass is 32.2. The van der Waals surface area contributed by atoms with Crippen LogP contribution < -0.4 is 0 Å². The molecule has 1 heterocycles. The van der Waals surface area contributed by atoms with E-state index >= 15 is 0 Å². The topological polar surface area (TPSA) is 0 Å². The summed E-state index contributed by atoms with van der Waals surface area (Å²) in [6, 6.07) is 0. The Labute approximate surface area is 88.3 Å². The van der Waals surface area contributed by atoms with Crippen LogP contribution in [-0.4, -0.2) is 34.0 Å². The maximum absolute atomic E-state index is 3.70. The lowest BCUT2D eigenvalue weighted by Crippen LogP contribution is -1.91. The van der Waals surface area contributed by atoms with Gasteiger partial charge in [-0.3, -0.25) is 0 Å². The molecule has 1 rings (SSSR count). The molecule has 70 valence electrons. The van der Waals surface area contributed by atoms with Crippen molar-refractivity contribution in [2.45, 2.75) is 11.7 Å². The number of hydrogen-bond acceptors (Lipinski definition) is 3. The summed E-state index contributed by atoms with van der Waals surface area (Å²) in [5.74, 6) is 6.57. The van der Waals surface area contributed by atoms with Crippen molar-refractivity contribution in [2.75, 3.05) is 28.8 Å². The molecule has 0 bridgehead atoms. The molecule has 0 nitrogen and oxygen atoms in total. The van der Waals surface area contributed by atoms with Crippen molar-refractivity contribution in [2.24, 2.45) is 0 Å². The minimum atomic E-state index is 1.01. The van der Waals surface area contributed by atoms with E-state index in [4.69, 9.17) is 0 Å². The molecule has 1 saturated heterocycles. The Bertz CT molecular complexity index is 121. The summed E-state index contributed by atoms with van der Waals surface area (Å²) in [7, 11) is 0. The first kappa shape index (κ1) is 10.9. The van der Waals surface area contributed by atoms with E-state index in [1.54, 1.807) is 0 Å². The third-order valence-corrected chi connectivity index (χ3v) is 4.97. The van der Waals surface area contributed by atoms with Crippen LogP contribution in [0.4, 0.5) is 0 Å². The van der Waals surface area contributed by atoms with Crippen LogP contribution in [0.2, 0.25) is 0 Å². The maximum atomic E-state index is 3.70. The van der Waals surface area contributed by atoms with Crippen LogP contribution >= 0.6 is 35.3 Å². The van der Waals surface area contributed by atoms with Gasteiger partial charge >= 0.3 is 0 Å². The molecule has 1 aliphatic rings. The summed E-state index contributed by atoms with van der Waals surface area (Å²) in [4.78, 5) is 0. The highest BCUT2D eigenvalue weighted by Crippen LogP contribution is 2.32. The van der Waals surface area contributed by atoms with E-state index < -0.39 is 0 Å². The van der Waals surface area contributed by atoms with E-state index in [1.807, 2.05) is 17.8 Å². The zero-order valence-electron chi connectivity index (χ0n) is 7.33. The van der Waals surface area contributed by atoms with Crippen LogP contribution in [0, 0.1) is 0 Å². The first-order chi connectivity index (χ1) is 5.93. The van der Waals surface area contributed by atoms with Crippen molar-refractivity contribution < 1.29 is 0 Å². The summed E-state index contributed by atoms with van der Waals surface area (Å²) in [5.41, 5.74) is 0. The minimum Gasteiger partial charge on any atom is -0.161 e. The van der Waals surface area contributed by atoms with Gasteiger partial charge in [0.05, 0.1) is 0 Å². The monoisotopic (exact) mass is 220 g/mol. The van der Waals surface area contributed by atoms with E-state index in [9.17, 15) is 0 Å². The van der Waals surface area contributed by atoms with E-state index in [0.717, 1.165) is 11.0 Å². The molecule has 0 amide bonds. The van der Waals surface area contributed by atoms with Crippen LogP contribution in [0.3, 0.4) is 0 Å². The molecule has 0 radical (unpaired) electrons. The van der Waals surface area contributed by atoms with Gasteiger partial charge in [-0.05, 0) is 17.9 Å². The Hall–Kier alpha value is 0.790. The summed E-state index contributed by atoms with van der Waals surface area (Å²) >= 11 is 6.21. The van der Waals surface area contributed by atoms with Gasteiger partial charge in [0, 0.05) is 22.5 Å². The fourth-order valence-electron chi connectivity index (χ4n) is 0.809. The Balaban J connectivity index is 1.67. The molecule has 0 aliphatic carbocycles.